The summed E-state index contributed by atoms with van der Waals surface area (Å²) in [5, 5.41) is 3.62. The molecule has 0 saturated carbocycles. The lowest BCUT2D eigenvalue weighted by Gasteiger charge is -2.29. The zero-order valence-electron chi connectivity index (χ0n) is 11.2. The molecule has 0 aliphatic carbocycles. The van der Waals surface area contributed by atoms with E-state index in [-0.39, 0.29) is 0 Å². The minimum Gasteiger partial charge on any atom is -0.310 e. The number of rotatable bonds is 5. The fourth-order valence-corrected chi connectivity index (χ4v) is 2.12. The quantitative estimate of drug-likeness (QED) is 0.791. The Hall–Kier alpha value is -0.820. The van der Waals surface area contributed by atoms with Gasteiger partial charge in [0.15, 0.2) is 0 Å². The first kappa shape index (κ1) is 13.2. The molecule has 0 aromatic heterocycles. The van der Waals surface area contributed by atoms with Gasteiger partial charge >= 0.3 is 0 Å². The van der Waals surface area contributed by atoms with Crippen LogP contribution in [-0.4, -0.2) is 6.54 Å². The Bertz CT molecular complexity index is 317. The van der Waals surface area contributed by atoms with Crippen LogP contribution < -0.4 is 5.32 Å². The predicted octanol–water partition coefficient (Wildman–Crippen LogP) is 3.94. The van der Waals surface area contributed by atoms with E-state index >= 15 is 0 Å². The molecule has 2 atom stereocenters. The Morgan fingerprint density at radius 3 is 2.25 bits per heavy atom. The number of hydrogen-bond acceptors (Lipinski definition) is 1. The van der Waals surface area contributed by atoms with Gasteiger partial charge in [-0.2, -0.15) is 0 Å². The van der Waals surface area contributed by atoms with Gasteiger partial charge in [0.1, 0.15) is 0 Å². The molecule has 1 rings (SSSR count). The summed E-state index contributed by atoms with van der Waals surface area (Å²) < 4.78 is 0. The molecule has 0 saturated heterocycles. The summed E-state index contributed by atoms with van der Waals surface area (Å²) in [5.74, 6) is 1.35. The maximum atomic E-state index is 3.62. The van der Waals surface area contributed by atoms with Crippen LogP contribution in [0.1, 0.15) is 44.9 Å². The molecule has 0 bridgehead atoms. The van der Waals surface area contributed by atoms with E-state index in [0.717, 1.165) is 6.54 Å². The fourth-order valence-electron chi connectivity index (χ4n) is 2.12. The molecule has 0 radical (unpaired) electrons. The van der Waals surface area contributed by atoms with Crippen LogP contribution in [-0.2, 0) is 0 Å². The maximum absolute atomic E-state index is 3.62. The lowest BCUT2D eigenvalue weighted by atomic mass is 9.84. The predicted molar refractivity (Wildman–Crippen MR) is 71.6 cm³/mol. The van der Waals surface area contributed by atoms with Gasteiger partial charge in [-0.3, -0.25) is 0 Å². The Morgan fingerprint density at radius 2 is 1.75 bits per heavy atom. The molecular formula is C15H25N. The Labute approximate surface area is 100 Å². The number of nitrogens with one attached hydrogen (secondary N) is 1. The summed E-state index contributed by atoms with van der Waals surface area (Å²) >= 11 is 0. The average Bonchev–Trinajstić information content (AvgIpc) is 2.26. The molecule has 1 heteroatoms. The highest BCUT2D eigenvalue weighted by Gasteiger charge is 2.21. The van der Waals surface area contributed by atoms with E-state index in [1.165, 1.54) is 11.1 Å². The molecule has 1 nitrogen and oxygen atoms in total. The van der Waals surface area contributed by atoms with Gasteiger partial charge in [-0.25, -0.2) is 0 Å². The molecule has 0 amide bonds. The molecule has 0 aliphatic heterocycles. The highest BCUT2D eigenvalue weighted by Crippen LogP contribution is 2.29. The van der Waals surface area contributed by atoms with Gasteiger partial charge in [0, 0.05) is 6.04 Å². The number of aryl methyl sites for hydroxylation is 1. The first-order valence-corrected chi connectivity index (χ1v) is 6.36. The Morgan fingerprint density at radius 1 is 1.12 bits per heavy atom. The van der Waals surface area contributed by atoms with Crippen LogP contribution in [0.3, 0.4) is 0 Å². The minimum atomic E-state index is 0.478. The van der Waals surface area contributed by atoms with Crippen molar-refractivity contribution in [2.75, 3.05) is 6.54 Å². The van der Waals surface area contributed by atoms with Crippen molar-refractivity contribution < 1.29 is 0 Å². The van der Waals surface area contributed by atoms with Crippen molar-refractivity contribution in [3.63, 3.8) is 0 Å². The summed E-state index contributed by atoms with van der Waals surface area (Å²) in [7, 11) is 0. The number of hydrogen-bond donors (Lipinski definition) is 1. The first-order chi connectivity index (χ1) is 7.57. The van der Waals surface area contributed by atoms with Gasteiger partial charge in [0.05, 0.1) is 0 Å². The molecule has 1 aromatic carbocycles. The largest absolute Gasteiger partial charge is 0.310 e. The molecule has 0 spiro atoms. The van der Waals surface area contributed by atoms with Gasteiger partial charge in [-0.15, -0.1) is 0 Å². The minimum absolute atomic E-state index is 0.478. The Balaban J connectivity index is 2.98. The highest BCUT2D eigenvalue weighted by atomic mass is 14.9. The van der Waals surface area contributed by atoms with Crippen molar-refractivity contribution in [2.45, 2.75) is 40.7 Å². The van der Waals surface area contributed by atoms with Gasteiger partial charge in [0.25, 0.3) is 0 Å². The van der Waals surface area contributed by atoms with Crippen molar-refractivity contribution in [3.8, 4) is 0 Å². The molecule has 0 fully saturated rings. The average molecular weight is 219 g/mol. The van der Waals surface area contributed by atoms with Crippen LogP contribution in [0.25, 0.3) is 0 Å². The Kier molecular flexibility index (Phi) is 5.01. The van der Waals surface area contributed by atoms with E-state index in [9.17, 15) is 0 Å². The van der Waals surface area contributed by atoms with Crippen LogP contribution in [0.15, 0.2) is 24.3 Å². The second kappa shape index (κ2) is 6.05. The van der Waals surface area contributed by atoms with Crippen LogP contribution >= 0.6 is 0 Å². The van der Waals surface area contributed by atoms with E-state index in [4.69, 9.17) is 0 Å². The van der Waals surface area contributed by atoms with Gasteiger partial charge in [-0.05, 0) is 36.4 Å². The molecule has 16 heavy (non-hydrogen) atoms. The van der Waals surface area contributed by atoms with E-state index in [1.807, 2.05) is 0 Å². The normalized spacial score (nSPS) is 15.1. The standard InChI is InChI=1S/C15H25N/c1-6-16-15(13(5)11(2)3)14-10-8-7-9-12(14)4/h7-11,13,15-16H,6H2,1-5H3. The highest BCUT2D eigenvalue weighted by molar-refractivity contribution is 5.29. The molecule has 1 N–H and O–H groups in total. The summed E-state index contributed by atoms with van der Waals surface area (Å²) in [6, 6.07) is 9.18. The lowest BCUT2D eigenvalue weighted by Crippen LogP contribution is -2.30. The smallest absolute Gasteiger partial charge is 0.0350 e. The maximum Gasteiger partial charge on any atom is 0.0350 e. The van der Waals surface area contributed by atoms with Crippen LogP contribution in [0.2, 0.25) is 0 Å². The topological polar surface area (TPSA) is 12.0 Å². The third kappa shape index (κ3) is 3.08. The summed E-state index contributed by atoms with van der Waals surface area (Å²) in [5.41, 5.74) is 2.84. The van der Waals surface area contributed by atoms with Gasteiger partial charge in [-0.1, -0.05) is 52.0 Å². The number of benzene rings is 1. The summed E-state index contributed by atoms with van der Waals surface area (Å²) in [6.07, 6.45) is 0. The van der Waals surface area contributed by atoms with Crippen LogP contribution in [0.5, 0.6) is 0 Å². The van der Waals surface area contributed by atoms with Crippen molar-refractivity contribution in [3.05, 3.63) is 35.4 Å². The second-order valence-electron chi connectivity index (χ2n) is 5.00. The zero-order chi connectivity index (χ0) is 12.1. The molecule has 2 unspecified atom stereocenters. The first-order valence-electron chi connectivity index (χ1n) is 6.36. The van der Waals surface area contributed by atoms with Crippen molar-refractivity contribution in [1.82, 2.24) is 5.32 Å². The van der Waals surface area contributed by atoms with Crippen LogP contribution in [0.4, 0.5) is 0 Å². The van der Waals surface area contributed by atoms with E-state index in [1.54, 1.807) is 0 Å². The van der Waals surface area contributed by atoms with Gasteiger partial charge in [0.2, 0.25) is 0 Å². The van der Waals surface area contributed by atoms with Crippen molar-refractivity contribution in [2.24, 2.45) is 11.8 Å². The van der Waals surface area contributed by atoms with Gasteiger partial charge < -0.3 is 5.32 Å². The third-order valence-corrected chi connectivity index (χ3v) is 3.52. The molecule has 0 aliphatic rings. The lowest BCUT2D eigenvalue weighted by molar-refractivity contribution is 0.306. The monoisotopic (exact) mass is 219 g/mol. The molecule has 90 valence electrons. The molecule has 0 heterocycles. The molecular weight excluding hydrogens is 194 g/mol. The second-order valence-corrected chi connectivity index (χ2v) is 5.00. The van der Waals surface area contributed by atoms with E-state index in [2.05, 4.69) is 64.2 Å². The SMILES string of the molecule is CCNC(c1ccccc1C)C(C)C(C)C. The summed E-state index contributed by atoms with van der Waals surface area (Å²) in [6.45, 7) is 12.3. The van der Waals surface area contributed by atoms with Crippen LogP contribution in [0, 0.1) is 18.8 Å². The fraction of sp³-hybridized carbons (Fsp3) is 0.600. The third-order valence-electron chi connectivity index (χ3n) is 3.52. The zero-order valence-corrected chi connectivity index (χ0v) is 11.2. The van der Waals surface area contributed by atoms with Crippen molar-refractivity contribution in [1.29, 1.82) is 0 Å². The molecule has 1 aromatic rings. The van der Waals surface area contributed by atoms with Crippen molar-refractivity contribution >= 4 is 0 Å². The van der Waals surface area contributed by atoms with E-state index < -0.39 is 0 Å². The van der Waals surface area contributed by atoms with E-state index in [0.29, 0.717) is 17.9 Å². The summed E-state index contributed by atoms with van der Waals surface area (Å²) in [4.78, 5) is 0.